The van der Waals surface area contributed by atoms with E-state index in [0.29, 0.717) is 5.69 Å². The highest BCUT2D eigenvalue weighted by Crippen LogP contribution is 2.25. The SMILES string of the molecule is Cc1cc(S(=O)(=O)Nc2cccc3[nH]ncc23)ccc1Br. The number of aromatic nitrogens is 2. The molecule has 0 aliphatic heterocycles. The predicted octanol–water partition coefficient (Wildman–Crippen LogP) is 3.43. The summed E-state index contributed by atoms with van der Waals surface area (Å²) in [6, 6.07) is 10.2. The zero-order chi connectivity index (χ0) is 15.0. The molecule has 0 fully saturated rings. The molecule has 1 heterocycles. The molecule has 0 radical (unpaired) electrons. The third-order valence-electron chi connectivity index (χ3n) is 3.17. The van der Waals surface area contributed by atoms with Gasteiger partial charge in [-0.05, 0) is 42.8 Å². The van der Waals surface area contributed by atoms with Crippen molar-refractivity contribution in [3.8, 4) is 0 Å². The van der Waals surface area contributed by atoms with Gasteiger partial charge in [0.25, 0.3) is 10.0 Å². The van der Waals surface area contributed by atoms with Crippen molar-refractivity contribution >= 4 is 42.5 Å². The van der Waals surface area contributed by atoms with Gasteiger partial charge in [-0.1, -0.05) is 22.0 Å². The van der Waals surface area contributed by atoms with Crippen molar-refractivity contribution in [2.75, 3.05) is 4.72 Å². The molecule has 0 bridgehead atoms. The summed E-state index contributed by atoms with van der Waals surface area (Å²) >= 11 is 3.36. The van der Waals surface area contributed by atoms with Gasteiger partial charge in [-0.2, -0.15) is 5.10 Å². The van der Waals surface area contributed by atoms with E-state index in [2.05, 4.69) is 30.8 Å². The van der Waals surface area contributed by atoms with Crippen LogP contribution in [0.15, 0.2) is 52.0 Å². The number of sulfonamides is 1. The summed E-state index contributed by atoms with van der Waals surface area (Å²) in [5.41, 5.74) is 2.14. The van der Waals surface area contributed by atoms with Crippen molar-refractivity contribution in [3.63, 3.8) is 0 Å². The smallest absolute Gasteiger partial charge is 0.261 e. The first-order chi connectivity index (χ1) is 9.97. The van der Waals surface area contributed by atoms with Crippen LogP contribution in [0.2, 0.25) is 0 Å². The second-order valence-electron chi connectivity index (χ2n) is 4.65. The predicted molar refractivity (Wildman–Crippen MR) is 85.8 cm³/mol. The molecule has 21 heavy (non-hydrogen) atoms. The molecule has 1 aromatic heterocycles. The minimum absolute atomic E-state index is 0.226. The fourth-order valence-electron chi connectivity index (χ4n) is 2.05. The minimum atomic E-state index is -3.63. The molecule has 0 atom stereocenters. The zero-order valence-electron chi connectivity index (χ0n) is 11.1. The van der Waals surface area contributed by atoms with E-state index in [9.17, 15) is 8.42 Å². The van der Waals surface area contributed by atoms with Gasteiger partial charge in [0.2, 0.25) is 0 Å². The van der Waals surface area contributed by atoms with Crippen molar-refractivity contribution in [1.82, 2.24) is 10.2 Å². The van der Waals surface area contributed by atoms with E-state index in [4.69, 9.17) is 0 Å². The number of hydrogen-bond donors (Lipinski definition) is 2. The summed E-state index contributed by atoms with van der Waals surface area (Å²) in [5, 5.41) is 7.47. The Labute approximate surface area is 130 Å². The van der Waals surface area contributed by atoms with E-state index < -0.39 is 10.0 Å². The van der Waals surface area contributed by atoms with Crippen LogP contribution in [-0.4, -0.2) is 18.6 Å². The van der Waals surface area contributed by atoms with Crippen molar-refractivity contribution in [2.45, 2.75) is 11.8 Å². The summed E-state index contributed by atoms with van der Waals surface area (Å²) in [6.45, 7) is 1.85. The van der Waals surface area contributed by atoms with E-state index in [1.165, 1.54) is 0 Å². The van der Waals surface area contributed by atoms with Gasteiger partial charge < -0.3 is 0 Å². The Kier molecular flexibility index (Phi) is 3.46. The molecule has 0 amide bonds. The Morgan fingerprint density at radius 2 is 2.05 bits per heavy atom. The molecule has 0 aliphatic rings. The number of hydrogen-bond acceptors (Lipinski definition) is 3. The largest absolute Gasteiger partial charge is 0.279 e. The van der Waals surface area contributed by atoms with E-state index in [1.54, 1.807) is 36.5 Å². The third-order valence-corrected chi connectivity index (χ3v) is 5.42. The number of nitrogens with one attached hydrogen (secondary N) is 2. The van der Waals surface area contributed by atoms with Crippen molar-refractivity contribution in [2.24, 2.45) is 0 Å². The highest BCUT2D eigenvalue weighted by atomic mass is 79.9. The zero-order valence-corrected chi connectivity index (χ0v) is 13.5. The maximum Gasteiger partial charge on any atom is 0.261 e. The molecule has 5 nitrogen and oxygen atoms in total. The Bertz CT molecular complexity index is 919. The fraction of sp³-hybridized carbons (Fsp3) is 0.0714. The number of aryl methyl sites for hydroxylation is 1. The van der Waals surface area contributed by atoms with Gasteiger partial charge in [0.05, 0.1) is 22.3 Å². The van der Waals surface area contributed by atoms with Gasteiger partial charge in [0, 0.05) is 9.86 Å². The summed E-state index contributed by atoms with van der Waals surface area (Å²) in [4.78, 5) is 0.226. The number of halogens is 1. The van der Waals surface area contributed by atoms with E-state index in [0.717, 1.165) is 20.9 Å². The second-order valence-corrected chi connectivity index (χ2v) is 7.19. The fourth-order valence-corrected chi connectivity index (χ4v) is 3.46. The lowest BCUT2D eigenvalue weighted by molar-refractivity contribution is 0.601. The maximum absolute atomic E-state index is 12.5. The van der Waals surface area contributed by atoms with Crippen LogP contribution in [-0.2, 0) is 10.0 Å². The van der Waals surface area contributed by atoms with Crippen LogP contribution in [0.5, 0.6) is 0 Å². The molecule has 2 aromatic carbocycles. The number of H-pyrrole nitrogens is 1. The topological polar surface area (TPSA) is 74.8 Å². The van der Waals surface area contributed by atoms with Crippen LogP contribution in [0.1, 0.15) is 5.56 Å². The molecule has 3 aromatic rings. The number of nitrogens with zero attached hydrogens (tertiary/aromatic N) is 1. The molecule has 0 saturated heterocycles. The molecule has 0 saturated carbocycles. The van der Waals surface area contributed by atoms with E-state index in [1.807, 2.05) is 13.0 Å². The van der Waals surface area contributed by atoms with Gasteiger partial charge in [-0.3, -0.25) is 9.82 Å². The van der Waals surface area contributed by atoms with Crippen molar-refractivity contribution < 1.29 is 8.42 Å². The number of anilines is 1. The first kappa shape index (κ1) is 14.1. The molecule has 0 aliphatic carbocycles. The van der Waals surface area contributed by atoms with Crippen LogP contribution in [0, 0.1) is 6.92 Å². The average Bonchev–Trinajstić information content (AvgIpc) is 2.91. The summed E-state index contributed by atoms with van der Waals surface area (Å²) in [7, 11) is -3.63. The maximum atomic E-state index is 12.5. The molecule has 3 rings (SSSR count). The van der Waals surface area contributed by atoms with E-state index >= 15 is 0 Å². The second kappa shape index (κ2) is 5.16. The summed E-state index contributed by atoms with van der Waals surface area (Å²) in [5.74, 6) is 0. The Morgan fingerprint density at radius 1 is 1.24 bits per heavy atom. The lowest BCUT2D eigenvalue weighted by Gasteiger charge is -2.10. The first-order valence-electron chi connectivity index (χ1n) is 6.18. The third kappa shape index (κ3) is 2.66. The van der Waals surface area contributed by atoms with Crippen LogP contribution < -0.4 is 4.72 Å². The lowest BCUT2D eigenvalue weighted by atomic mass is 10.2. The molecular formula is C14H12BrN3O2S. The number of fused-ring (bicyclic) bond motifs is 1. The monoisotopic (exact) mass is 365 g/mol. The normalized spacial score (nSPS) is 11.7. The lowest BCUT2D eigenvalue weighted by Crippen LogP contribution is -2.13. The Hall–Kier alpha value is -1.86. The van der Waals surface area contributed by atoms with Crippen LogP contribution in [0.25, 0.3) is 10.9 Å². The van der Waals surface area contributed by atoms with Gasteiger partial charge in [-0.15, -0.1) is 0 Å². The quantitative estimate of drug-likeness (QED) is 0.746. The minimum Gasteiger partial charge on any atom is -0.279 e. The highest BCUT2D eigenvalue weighted by molar-refractivity contribution is 9.10. The summed E-state index contributed by atoms with van der Waals surface area (Å²) in [6.07, 6.45) is 1.60. The summed E-state index contributed by atoms with van der Waals surface area (Å²) < 4.78 is 28.4. The van der Waals surface area contributed by atoms with Gasteiger partial charge >= 0.3 is 0 Å². The van der Waals surface area contributed by atoms with Crippen molar-refractivity contribution in [3.05, 3.63) is 52.6 Å². The molecule has 0 spiro atoms. The molecule has 2 N–H and O–H groups in total. The molecule has 0 unspecified atom stereocenters. The van der Waals surface area contributed by atoms with Crippen LogP contribution in [0.3, 0.4) is 0 Å². The van der Waals surface area contributed by atoms with Crippen molar-refractivity contribution in [1.29, 1.82) is 0 Å². The number of benzene rings is 2. The Balaban J connectivity index is 2.03. The molecule has 7 heteroatoms. The standard InChI is InChI=1S/C14H12BrN3O2S/c1-9-7-10(5-6-12(9)15)21(19,20)18-14-4-2-3-13-11(14)8-16-17-13/h2-8,18H,1H3,(H,16,17). The average molecular weight is 366 g/mol. The van der Waals surface area contributed by atoms with Crippen LogP contribution in [0.4, 0.5) is 5.69 Å². The molecular weight excluding hydrogens is 354 g/mol. The number of rotatable bonds is 3. The van der Waals surface area contributed by atoms with Gasteiger partial charge in [0.15, 0.2) is 0 Å². The highest BCUT2D eigenvalue weighted by Gasteiger charge is 2.16. The van der Waals surface area contributed by atoms with Crippen LogP contribution >= 0.6 is 15.9 Å². The van der Waals surface area contributed by atoms with Gasteiger partial charge in [-0.25, -0.2) is 8.42 Å². The van der Waals surface area contributed by atoms with Gasteiger partial charge in [0.1, 0.15) is 0 Å². The molecule has 108 valence electrons. The number of aromatic amines is 1. The first-order valence-corrected chi connectivity index (χ1v) is 8.46. The Morgan fingerprint density at radius 3 is 2.81 bits per heavy atom. The van der Waals surface area contributed by atoms with E-state index in [-0.39, 0.29) is 4.90 Å².